The third-order valence-electron chi connectivity index (χ3n) is 6.10. The van der Waals surface area contributed by atoms with Crippen molar-refractivity contribution in [2.24, 2.45) is 0 Å². The van der Waals surface area contributed by atoms with Gasteiger partial charge in [0, 0.05) is 33.6 Å². The molecule has 35 heavy (non-hydrogen) atoms. The smallest absolute Gasteiger partial charge is 0.229 e. The predicted octanol–water partition coefficient (Wildman–Crippen LogP) is 6.79. The maximum atomic E-state index is 13.2. The number of hydrogen-bond donors (Lipinski definition) is 0. The van der Waals surface area contributed by atoms with Gasteiger partial charge < -0.3 is 9.64 Å². The summed E-state index contributed by atoms with van der Waals surface area (Å²) >= 11 is 13.9. The molecule has 176 valence electrons. The number of hydrogen-bond acceptors (Lipinski definition) is 5. The lowest BCUT2D eigenvalue weighted by atomic mass is 9.86. The van der Waals surface area contributed by atoms with Crippen LogP contribution in [0.15, 0.2) is 83.4 Å². The molecule has 0 N–H and O–H groups in total. The van der Waals surface area contributed by atoms with Crippen LogP contribution in [0.5, 0.6) is 5.75 Å². The van der Waals surface area contributed by atoms with E-state index in [1.807, 2.05) is 72.8 Å². The zero-order valence-electron chi connectivity index (χ0n) is 18.7. The van der Waals surface area contributed by atoms with Gasteiger partial charge in [0.1, 0.15) is 12.4 Å². The van der Waals surface area contributed by atoms with Gasteiger partial charge in [-0.05, 0) is 42.0 Å². The molecule has 0 bridgehead atoms. The molecule has 1 fully saturated rings. The van der Waals surface area contributed by atoms with Crippen LogP contribution in [-0.2, 0) is 11.4 Å². The molecule has 0 radical (unpaired) electrons. The Morgan fingerprint density at radius 2 is 1.86 bits per heavy atom. The number of fused-ring (bicyclic) bond motifs is 1. The molecule has 5 rings (SSSR count). The monoisotopic (exact) mass is 521 g/mol. The van der Waals surface area contributed by atoms with Crippen LogP contribution in [0.2, 0.25) is 10.0 Å². The van der Waals surface area contributed by atoms with Crippen LogP contribution < -0.4 is 9.64 Å². The van der Waals surface area contributed by atoms with Gasteiger partial charge in [0.25, 0.3) is 0 Å². The van der Waals surface area contributed by atoms with Crippen molar-refractivity contribution in [1.29, 1.82) is 5.26 Å². The number of carbonyl (C=O) groups excluding carboxylic acids is 1. The molecule has 0 aliphatic carbocycles. The third-order valence-corrected chi connectivity index (χ3v) is 7.86. The van der Waals surface area contributed by atoms with Gasteiger partial charge in [0.2, 0.25) is 5.91 Å². The predicted molar refractivity (Wildman–Crippen MR) is 140 cm³/mol. The highest BCUT2D eigenvalue weighted by molar-refractivity contribution is 8.03. The Hall–Kier alpha value is -3.11. The molecule has 0 aromatic heterocycles. The molecule has 0 spiro atoms. The molecule has 1 saturated heterocycles. The molecule has 0 saturated carbocycles. The Morgan fingerprint density at radius 3 is 2.60 bits per heavy atom. The first-order valence-electron chi connectivity index (χ1n) is 11.1. The second-order valence-corrected chi connectivity index (χ2v) is 10.1. The number of benzene rings is 3. The summed E-state index contributed by atoms with van der Waals surface area (Å²) in [5.41, 5.74) is 3.41. The van der Waals surface area contributed by atoms with Crippen LogP contribution in [-0.4, -0.2) is 23.4 Å². The molecule has 1 atom stereocenters. The zero-order valence-corrected chi connectivity index (χ0v) is 21.0. The number of halogens is 2. The van der Waals surface area contributed by atoms with Crippen molar-refractivity contribution in [3.63, 3.8) is 0 Å². The van der Waals surface area contributed by atoms with E-state index in [9.17, 15) is 10.1 Å². The van der Waals surface area contributed by atoms with Crippen molar-refractivity contribution in [1.82, 2.24) is 4.90 Å². The second kappa shape index (κ2) is 10.2. The Labute approximate surface area is 218 Å². The van der Waals surface area contributed by atoms with Gasteiger partial charge in [0.05, 0.1) is 29.2 Å². The number of thioether (sulfide) groups is 1. The van der Waals surface area contributed by atoms with E-state index in [1.54, 1.807) is 4.90 Å². The molecule has 3 aromatic rings. The minimum absolute atomic E-state index is 0.00211. The summed E-state index contributed by atoms with van der Waals surface area (Å²) in [6, 6.07) is 25.1. The Kier molecular flexibility index (Phi) is 6.92. The van der Waals surface area contributed by atoms with Crippen molar-refractivity contribution < 1.29 is 9.53 Å². The lowest BCUT2D eigenvalue weighted by molar-refractivity contribution is -0.129. The third kappa shape index (κ3) is 4.99. The largest absolute Gasteiger partial charge is 0.489 e. The molecular weight excluding hydrogens is 501 g/mol. The number of nitriles is 1. The molecule has 1 amide bonds. The average molecular weight is 522 g/mol. The minimum Gasteiger partial charge on any atom is -0.489 e. The van der Waals surface area contributed by atoms with Gasteiger partial charge in [-0.25, -0.2) is 0 Å². The highest BCUT2D eigenvalue weighted by Crippen LogP contribution is 2.43. The van der Waals surface area contributed by atoms with Gasteiger partial charge in [-0.2, -0.15) is 5.26 Å². The SMILES string of the molecule is N#CC1=C2SCN(c3cccc(Cl)c3)CN2C(=O)C[C@H]1c1ccc(OCc2ccccc2Cl)cc1. The summed E-state index contributed by atoms with van der Waals surface area (Å²) in [7, 11) is 0. The van der Waals surface area contributed by atoms with Crippen molar-refractivity contribution in [2.75, 3.05) is 17.4 Å². The molecule has 2 aliphatic rings. The summed E-state index contributed by atoms with van der Waals surface area (Å²) < 4.78 is 5.88. The summed E-state index contributed by atoms with van der Waals surface area (Å²) in [5, 5.41) is 12.1. The Bertz CT molecular complexity index is 1340. The standard InChI is InChI=1S/C27H21Cl2N3O2S/c28-20-5-3-6-21(12-20)31-16-32-26(33)13-23(24(14-30)27(32)35-17-31)18-8-10-22(11-9-18)34-15-19-4-1-2-7-25(19)29/h1-12,23H,13,15-17H2/t23-/m0/s1. The number of carbonyl (C=O) groups is 1. The second-order valence-electron chi connectivity index (χ2n) is 8.29. The average Bonchev–Trinajstić information content (AvgIpc) is 2.88. The van der Waals surface area contributed by atoms with Crippen LogP contribution in [0.4, 0.5) is 5.69 Å². The molecule has 3 aromatic carbocycles. The van der Waals surface area contributed by atoms with Crippen LogP contribution in [0.3, 0.4) is 0 Å². The molecule has 2 aliphatic heterocycles. The topological polar surface area (TPSA) is 56.6 Å². The van der Waals surface area contributed by atoms with E-state index in [0.717, 1.165) is 21.8 Å². The van der Waals surface area contributed by atoms with E-state index in [0.29, 0.717) is 40.5 Å². The number of anilines is 1. The van der Waals surface area contributed by atoms with Gasteiger partial charge in [-0.3, -0.25) is 9.69 Å². The van der Waals surface area contributed by atoms with Crippen LogP contribution in [0.25, 0.3) is 0 Å². The fourth-order valence-electron chi connectivity index (χ4n) is 4.26. The Morgan fingerprint density at radius 1 is 1.06 bits per heavy atom. The van der Waals surface area contributed by atoms with E-state index >= 15 is 0 Å². The summed E-state index contributed by atoms with van der Waals surface area (Å²) in [6.07, 6.45) is 0.246. The van der Waals surface area contributed by atoms with Crippen molar-refractivity contribution in [3.8, 4) is 11.8 Å². The Balaban J connectivity index is 1.33. The first-order valence-corrected chi connectivity index (χ1v) is 12.8. The number of ether oxygens (including phenoxy) is 1. The molecular formula is C27H21Cl2N3O2S. The number of amides is 1. The number of nitrogens with zero attached hydrogens (tertiary/aromatic N) is 3. The van der Waals surface area contributed by atoms with E-state index in [1.165, 1.54) is 11.8 Å². The number of rotatable bonds is 5. The van der Waals surface area contributed by atoms with Crippen LogP contribution in [0, 0.1) is 11.3 Å². The molecule has 5 nitrogen and oxygen atoms in total. The van der Waals surface area contributed by atoms with Gasteiger partial charge in [-0.15, -0.1) is 0 Å². The fourth-order valence-corrected chi connectivity index (χ4v) is 5.80. The van der Waals surface area contributed by atoms with Crippen molar-refractivity contribution in [3.05, 3.63) is 105 Å². The van der Waals surface area contributed by atoms with E-state index < -0.39 is 0 Å². The first kappa shape index (κ1) is 23.6. The maximum Gasteiger partial charge on any atom is 0.229 e. The summed E-state index contributed by atoms with van der Waals surface area (Å²) in [6.45, 7) is 0.761. The van der Waals surface area contributed by atoms with Crippen LogP contribution in [0.1, 0.15) is 23.5 Å². The molecule has 0 unspecified atom stereocenters. The van der Waals surface area contributed by atoms with Gasteiger partial charge in [-0.1, -0.05) is 71.4 Å². The first-order chi connectivity index (χ1) is 17.0. The summed E-state index contributed by atoms with van der Waals surface area (Å²) in [5.74, 6) is 1.06. The minimum atomic E-state index is -0.276. The fraction of sp³-hybridized carbons (Fsp3) is 0.185. The molecule has 8 heteroatoms. The number of allylic oxidation sites excluding steroid dienone is 1. The summed E-state index contributed by atoms with van der Waals surface area (Å²) in [4.78, 5) is 17.0. The van der Waals surface area contributed by atoms with E-state index in [4.69, 9.17) is 27.9 Å². The van der Waals surface area contributed by atoms with Gasteiger partial charge >= 0.3 is 0 Å². The lowest BCUT2D eigenvalue weighted by Gasteiger charge is -2.42. The van der Waals surface area contributed by atoms with Crippen molar-refractivity contribution in [2.45, 2.75) is 18.9 Å². The zero-order chi connectivity index (χ0) is 24.4. The maximum absolute atomic E-state index is 13.2. The lowest BCUT2D eigenvalue weighted by Crippen LogP contribution is -2.47. The van der Waals surface area contributed by atoms with Crippen molar-refractivity contribution >= 4 is 46.6 Å². The quantitative estimate of drug-likeness (QED) is 0.369. The highest BCUT2D eigenvalue weighted by atomic mass is 35.5. The highest BCUT2D eigenvalue weighted by Gasteiger charge is 2.38. The van der Waals surface area contributed by atoms with Crippen LogP contribution >= 0.6 is 35.0 Å². The van der Waals surface area contributed by atoms with E-state index in [-0.39, 0.29) is 18.2 Å². The van der Waals surface area contributed by atoms with E-state index in [2.05, 4.69) is 11.0 Å². The molecule has 2 heterocycles. The normalized spacial score (nSPS) is 17.7. The van der Waals surface area contributed by atoms with Gasteiger partial charge in [0.15, 0.2) is 0 Å².